The molecule has 0 spiro atoms. The zero-order valence-corrected chi connectivity index (χ0v) is 25.3. The lowest BCUT2D eigenvalue weighted by Crippen LogP contribution is -2.32. The quantitative estimate of drug-likeness (QED) is 0.173. The molecule has 1 heterocycles. The highest BCUT2D eigenvalue weighted by Crippen LogP contribution is 2.33. The van der Waals surface area contributed by atoms with E-state index in [9.17, 15) is 14.4 Å². The summed E-state index contributed by atoms with van der Waals surface area (Å²) >= 11 is 0. The molecule has 10 heteroatoms. The first-order chi connectivity index (χ1) is 21.8. The molecule has 45 heavy (non-hydrogen) atoms. The third-order valence-corrected chi connectivity index (χ3v) is 7.01. The summed E-state index contributed by atoms with van der Waals surface area (Å²) in [5, 5.41) is 5.42. The van der Waals surface area contributed by atoms with Crippen LogP contribution in [-0.2, 0) is 14.3 Å². The number of carbonyl (C=O) groups excluding carboxylic acids is 3. The molecule has 0 aliphatic rings. The number of nitrogens with one attached hydrogen (secondary N) is 2. The van der Waals surface area contributed by atoms with Gasteiger partial charge in [-0.3, -0.25) is 9.59 Å². The lowest BCUT2D eigenvalue weighted by molar-refractivity contribution is -0.124. The number of methoxy groups -OCH3 is 2. The molecule has 228 valence electrons. The second-order valence-corrected chi connectivity index (χ2v) is 10.1. The van der Waals surface area contributed by atoms with E-state index in [0.29, 0.717) is 39.5 Å². The Balaban J connectivity index is 1.41. The van der Waals surface area contributed by atoms with Crippen LogP contribution in [0.15, 0.2) is 91.0 Å². The summed E-state index contributed by atoms with van der Waals surface area (Å²) in [7, 11) is 3.22. The molecular weight excluding hydrogens is 572 g/mol. The average Bonchev–Trinajstić information content (AvgIpc) is 3.07. The van der Waals surface area contributed by atoms with Gasteiger partial charge in [0, 0.05) is 29.4 Å². The predicted molar refractivity (Wildman–Crippen MR) is 172 cm³/mol. The Morgan fingerprint density at radius 2 is 1.20 bits per heavy atom. The molecule has 0 saturated heterocycles. The van der Waals surface area contributed by atoms with Gasteiger partial charge < -0.3 is 24.8 Å². The Hall–Kier alpha value is -5.77. The molecule has 1 unspecified atom stereocenters. The third kappa shape index (κ3) is 7.24. The molecule has 0 aliphatic heterocycles. The average molecular weight is 605 g/mol. The van der Waals surface area contributed by atoms with Crippen molar-refractivity contribution in [2.24, 2.45) is 0 Å². The van der Waals surface area contributed by atoms with Crippen LogP contribution in [0.4, 0.5) is 11.4 Å². The molecule has 1 aromatic heterocycles. The van der Waals surface area contributed by atoms with E-state index in [4.69, 9.17) is 24.2 Å². The number of anilines is 2. The SMILES string of the molecule is CCC(OC(=O)c1ccc2nc(-c3ccc(OC)cc3)c(-c3ccc(OC)cc3)nc2c1)C(=O)Nc1ccc(NC(C)=O)cc1. The van der Waals surface area contributed by atoms with E-state index in [1.54, 1.807) is 63.6 Å². The molecule has 0 saturated carbocycles. The van der Waals surface area contributed by atoms with Crippen LogP contribution < -0.4 is 20.1 Å². The van der Waals surface area contributed by atoms with Gasteiger partial charge in [-0.2, -0.15) is 0 Å². The summed E-state index contributed by atoms with van der Waals surface area (Å²) in [4.78, 5) is 47.3. The minimum Gasteiger partial charge on any atom is -0.497 e. The molecule has 1 atom stereocenters. The van der Waals surface area contributed by atoms with E-state index in [2.05, 4.69) is 10.6 Å². The van der Waals surface area contributed by atoms with Gasteiger partial charge in [0.05, 0.1) is 42.2 Å². The Morgan fingerprint density at radius 1 is 0.689 bits per heavy atom. The number of hydrogen-bond donors (Lipinski definition) is 2. The maximum atomic E-state index is 13.2. The molecule has 0 aliphatic carbocycles. The zero-order valence-electron chi connectivity index (χ0n) is 25.3. The Kier molecular flexibility index (Phi) is 9.33. The van der Waals surface area contributed by atoms with Crippen molar-refractivity contribution in [3.63, 3.8) is 0 Å². The molecule has 0 radical (unpaired) electrons. The molecule has 5 aromatic rings. The van der Waals surface area contributed by atoms with Crippen molar-refractivity contribution in [1.82, 2.24) is 9.97 Å². The van der Waals surface area contributed by atoms with Crippen molar-refractivity contribution in [3.05, 3.63) is 96.6 Å². The van der Waals surface area contributed by atoms with Crippen LogP contribution in [0.3, 0.4) is 0 Å². The number of esters is 1. The number of carbonyl (C=O) groups is 3. The first-order valence-electron chi connectivity index (χ1n) is 14.3. The highest BCUT2D eigenvalue weighted by atomic mass is 16.5. The summed E-state index contributed by atoms with van der Waals surface area (Å²) in [6, 6.07) is 26.6. The van der Waals surface area contributed by atoms with Gasteiger partial charge in [-0.05, 0) is 97.4 Å². The van der Waals surface area contributed by atoms with Gasteiger partial charge in [-0.15, -0.1) is 0 Å². The van der Waals surface area contributed by atoms with Crippen LogP contribution >= 0.6 is 0 Å². The van der Waals surface area contributed by atoms with Gasteiger partial charge in [0.15, 0.2) is 6.10 Å². The number of nitrogens with zero attached hydrogens (tertiary/aromatic N) is 2. The second kappa shape index (κ2) is 13.7. The van der Waals surface area contributed by atoms with Gasteiger partial charge in [0.2, 0.25) is 5.91 Å². The summed E-state index contributed by atoms with van der Waals surface area (Å²) in [5.41, 5.74) is 5.37. The number of amides is 2. The summed E-state index contributed by atoms with van der Waals surface area (Å²) in [6.45, 7) is 3.17. The van der Waals surface area contributed by atoms with E-state index in [-0.39, 0.29) is 17.9 Å². The lowest BCUT2D eigenvalue weighted by atomic mass is 10.0. The number of aromatic nitrogens is 2. The summed E-state index contributed by atoms with van der Waals surface area (Å²) < 4.78 is 16.3. The fourth-order valence-corrected chi connectivity index (χ4v) is 4.66. The standard InChI is InChI=1S/C35H32N4O6/c1-5-31(34(41)37-26-13-11-25(12-14-26)36-21(2)40)45-35(42)24-10-19-29-30(20-24)39-33(23-8-17-28(44-4)18-9-23)32(38-29)22-6-15-27(43-3)16-7-22/h6-20,31H,5H2,1-4H3,(H,36,40)(H,37,41). The molecule has 0 bridgehead atoms. The van der Waals surface area contributed by atoms with Gasteiger partial charge in [0.25, 0.3) is 5.91 Å². The molecule has 0 fully saturated rings. The van der Waals surface area contributed by atoms with Gasteiger partial charge in [0.1, 0.15) is 11.5 Å². The van der Waals surface area contributed by atoms with E-state index in [0.717, 1.165) is 16.9 Å². The summed E-state index contributed by atoms with van der Waals surface area (Å²) in [5.74, 6) is 0.108. The van der Waals surface area contributed by atoms with Crippen LogP contribution in [0, 0.1) is 0 Å². The maximum absolute atomic E-state index is 13.2. The fraction of sp³-hybridized carbons (Fsp3) is 0.171. The van der Waals surface area contributed by atoms with Crippen molar-refractivity contribution in [3.8, 4) is 34.0 Å². The third-order valence-electron chi connectivity index (χ3n) is 7.01. The van der Waals surface area contributed by atoms with E-state index in [1.807, 2.05) is 48.5 Å². The van der Waals surface area contributed by atoms with Crippen molar-refractivity contribution >= 4 is 40.2 Å². The first-order valence-corrected chi connectivity index (χ1v) is 14.3. The number of hydrogen-bond acceptors (Lipinski definition) is 8. The fourth-order valence-electron chi connectivity index (χ4n) is 4.66. The number of ether oxygens (including phenoxy) is 3. The smallest absolute Gasteiger partial charge is 0.338 e. The predicted octanol–water partition coefficient (Wildman–Crippen LogP) is 6.51. The van der Waals surface area contributed by atoms with Crippen LogP contribution in [0.5, 0.6) is 11.5 Å². The Bertz CT molecular complexity index is 1840. The summed E-state index contributed by atoms with van der Waals surface area (Å²) in [6.07, 6.45) is -0.761. The highest BCUT2D eigenvalue weighted by Gasteiger charge is 2.23. The van der Waals surface area contributed by atoms with Crippen LogP contribution in [-0.4, -0.2) is 48.1 Å². The van der Waals surface area contributed by atoms with Crippen molar-refractivity contribution in [1.29, 1.82) is 0 Å². The normalized spacial score (nSPS) is 11.4. The van der Waals surface area contributed by atoms with Gasteiger partial charge >= 0.3 is 5.97 Å². The molecule has 5 rings (SSSR count). The van der Waals surface area contributed by atoms with Crippen molar-refractivity contribution < 1.29 is 28.6 Å². The molecular formula is C35H32N4O6. The van der Waals surface area contributed by atoms with Crippen LogP contribution in [0.25, 0.3) is 33.5 Å². The zero-order chi connectivity index (χ0) is 31.9. The van der Waals surface area contributed by atoms with Crippen molar-refractivity contribution in [2.45, 2.75) is 26.4 Å². The monoisotopic (exact) mass is 604 g/mol. The Labute approximate surface area is 260 Å². The lowest BCUT2D eigenvalue weighted by Gasteiger charge is -2.17. The maximum Gasteiger partial charge on any atom is 0.338 e. The molecule has 10 nitrogen and oxygen atoms in total. The minimum absolute atomic E-state index is 0.195. The minimum atomic E-state index is -1.03. The van der Waals surface area contributed by atoms with E-state index in [1.165, 1.54) is 6.92 Å². The van der Waals surface area contributed by atoms with Crippen molar-refractivity contribution in [2.75, 3.05) is 24.9 Å². The topological polar surface area (TPSA) is 129 Å². The molecule has 2 amide bonds. The van der Waals surface area contributed by atoms with E-state index < -0.39 is 18.0 Å². The largest absolute Gasteiger partial charge is 0.497 e. The molecule has 2 N–H and O–H groups in total. The van der Waals surface area contributed by atoms with Crippen LogP contribution in [0.2, 0.25) is 0 Å². The Morgan fingerprint density at radius 3 is 1.69 bits per heavy atom. The first kappa shape index (κ1) is 30.7. The highest BCUT2D eigenvalue weighted by molar-refractivity contribution is 5.99. The van der Waals surface area contributed by atoms with Crippen LogP contribution in [0.1, 0.15) is 30.6 Å². The van der Waals surface area contributed by atoms with Gasteiger partial charge in [-0.25, -0.2) is 14.8 Å². The van der Waals surface area contributed by atoms with E-state index >= 15 is 0 Å². The number of fused-ring (bicyclic) bond motifs is 1. The number of rotatable bonds is 10. The number of benzene rings is 4. The second-order valence-electron chi connectivity index (χ2n) is 10.1. The molecule has 4 aromatic carbocycles. The van der Waals surface area contributed by atoms with Gasteiger partial charge in [-0.1, -0.05) is 6.92 Å².